The third kappa shape index (κ3) is 2.43. The summed E-state index contributed by atoms with van der Waals surface area (Å²) < 4.78 is 13.0. The molecular weight excluding hydrogens is 201 g/mol. The summed E-state index contributed by atoms with van der Waals surface area (Å²) in [5, 5.41) is 0. The van der Waals surface area contributed by atoms with Gasteiger partial charge in [0.15, 0.2) is 0 Å². The minimum absolute atomic E-state index is 0.189. The van der Waals surface area contributed by atoms with E-state index in [9.17, 15) is 4.39 Å². The van der Waals surface area contributed by atoms with Gasteiger partial charge in [-0.25, -0.2) is 0 Å². The van der Waals surface area contributed by atoms with Crippen LogP contribution in [0.4, 0.5) is 4.39 Å². The first-order chi connectivity index (χ1) is 7.85. The zero-order valence-electron chi connectivity index (χ0n) is 9.90. The summed E-state index contributed by atoms with van der Waals surface area (Å²) in [5.74, 6) is 0.576. The highest BCUT2D eigenvalue weighted by atomic mass is 19.1. The summed E-state index contributed by atoms with van der Waals surface area (Å²) in [4.78, 5) is 2.39. The quantitative estimate of drug-likeness (QED) is 0.755. The van der Waals surface area contributed by atoms with Gasteiger partial charge in [0, 0.05) is 24.9 Å². The van der Waals surface area contributed by atoms with Crippen LogP contribution in [0.1, 0.15) is 24.8 Å². The molecular formula is C14H20FN. The lowest BCUT2D eigenvalue weighted by Crippen LogP contribution is -2.21. The van der Waals surface area contributed by atoms with Gasteiger partial charge in [-0.15, -0.1) is 0 Å². The number of hydrogen-bond acceptors (Lipinski definition) is 1. The second-order valence-electron chi connectivity index (χ2n) is 4.69. The Hall–Kier alpha value is -0.890. The van der Waals surface area contributed by atoms with Gasteiger partial charge in [-0.2, -0.15) is 0 Å². The highest BCUT2D eigenvalue weighted by molar-refractivity contribution is 5.22. The summed E-state index contributed by atoms with van der Waals surface area (Å²) in [6.07, 6.45) is 1.15. The van der Waals surface area contributed by atoms with Crippen molar-refractivity contribution in [3.63, 3.8) is 0 Å². The third-order valence-corrected chi connectivity index (χ3v) is 3.48. The predicted octanol–water partition coefficient (Wildman–Crippen LogP) is 3.08. The molecule has 1 aliphatic heterocycles. The fourth-order valence-corrected chi connectivity index (χ4v) is 2.69. The molecule has 2 heteroatoms. The molecule has 0 aliphatic carbocycles. The molecule has 0 saturated carbocycles. The molecule has 0 spiro atoms. The van der Waals surface area contributed by atoms with E-state index in [2.05, 4.69) is 24.0 Å². The molecule has 2 rings (SSSR count). The number of rotatable bonds is 4. The number of nitrogens with zero attached hydrogens (tertiary/aromatic N) is 1. The van der Waals surface area contributed by atoms with Gasteiger partial charge in [0.2, 0.25) is 0 Å². The third-order valence-electron chi connectivity index (χ3n) is 3.48. The fourth-order valence-electron chi connectivity index (χ4n) is 2.69. The molecule has 1 nitrogen and oxygen atoms in total. The van der Waals surface area contributed by atoms with Crippen molar-refractivity contribution >= 4 is 0 Å². The largest absolute Gasteiger partial charge is 0.302 e. The molecule has 1 aromatic carbocycles. The lowest BCUT2D eigenvalue weighted by atomic mass is 9.90. The van der Waals surface area contributed by atoms with E-state index in [0.29, 0.717) is 5.92 Å². The highest BCUT2D eigenvalue weighted by Gasteiger charge is 2.32. The van der Waals surface area contributed by atoms with Crippen LogP contribution in [0.15, 0.2) is 30.3 Å². The molecule has 1 heterocycles. The van der Waals surface area contributed by atoms with Crippen molar-refractivity contribution in [3.05, 3.63) is 35.9 Å². The van der Waals surface area contributed by atoms with Gasteiger partial charge in [0.25, 0.3) is 0 Å². The molecule has 0 radical (unpaired) electrons. The zero-order valence-corrected chi connectivity index (χ0v) is 9.90. The molecule has 0 bridgehead atoms. The summed E-state index contributed by atoms with van der Waals surface area (Å²) in [6.45, 7) is 5.02. The summed E-state index contributed by atoms with van der Waals surface area (Å²) in [6, 6.07) is 10.4. The van der Waals surface area contributed by atoms with Crippen LogP contribution in [0.2, 0.25) is 0 Å². The van der Waals surface area contributed by atoms with Crippen molar-refractivity contribution in [2.24, 2.45) is 5.92 Å². The Morgan fingerprint density at radius 3 is 2.62 bits per heavy atom. The van der Waals surface area contributed by atoms with Crippen molar-refractivity contribution in [1.29, 1.82) is 0 Å². The van der Waals surface area contributed by atoms with Crippen LogP contribution in [0.5, 0.6) is 0 Å². The van der Waals surface area contributed by atoms with E-state index >= 15 is 0 Å². The minimum Gasteiger partial charge on any atom is -0.302 e. The monoisotopic (exact) mass is 221 g/mol. The van der Waals surface area contributed by atoms with E-state index in [-0.39, 0.29) is 12.6 Å². The van der Waals surface area contributed by atoms with Crippen molar-refractivity contribution < 1.29 is 4.39 Å². The molecule has 2 unspecified atom stereocenters. The average Bonchev–Trinajstić information content (AvgIpc) is 2.74. The molecule has 16 heavy (non-hydrogen) atoms. The molecule has 0 N–H and O–H groups in total. The van der Waals surface area contributed by atoms with E-state index in [1.54, 1.807) is 0 Å². The second kappa shape index (κ2) is 5.44. The number of benzene rings is 1. The van der Waals surface area contributed by atoms with E-state index in [1.807, 2.05) is 18.2 Å². The molecule has 1 aliphatic rings. The minimum atomic E-state index is -0.195. The maximum Gasteiger partial charge on any atom is 0.0941 e. The maximum absolute atomic E-state index is 13.0. The normalized spacial score (nSPS) is 26.1. The standard InChI is InChI=1S/C14H20FN/c1-2-8-16-10-13(9-15)14(11-16)12-6-4-3-5-7-12/h3-7,13-14H,2,8-11H2,1H3. The Morgan fingerprint density at radius 2 is 2.00 bits per heavy atom. The summed E-state index contributed by atoms with van der Waals surface area (Å²) >= 11 is 0. The van der Waals surface area contributed by atoms with E-state index in [1.165, 1.54) is 5.56 Å². The van der Waals surface area contributed by atoms with Crippen molar-refractivity contribution in [3.8, 4) is 0 Å². The van der Waals surface area contributed by atoms with E-state index in [0.717, 1.165) is 26.1 Å². The van der Waals surface area contributed by atoms with E-state index < -0.39 is 0 Å². The highest BCUT2D eigenvalue weighted by Crippen LogP contribution is 2.32. The Kier molecular flexibility index (Phi) is 3.94. The second-order valence-corrected chi connectivity index (χ2v) is 4.69. The molecule has 1 fully saturated rings. The van der Waals surface area contributed by atoms with Crippen molar-refractivity contribution in [2.45, 2.75) is 19.3 Å². The van der Waals surface area contributed by atoms with Gasteiger partial charge in [-0.05, 0) is 18.5 Å². The van der Waals surface area contributed by atoms with Crippen LogP contribution >= 0.6 is 0 Å². The van der Waals surface area contributed by atoms with Crippen LogP contribution in [0.25, 0.3) is 0 Å². The lowest BCUT2D eigenvalue weighted by Gasteiger charge is -2.15. The van der Waals surface area contributed by atoms with Crippen LogP contribution in [-0.4, -0.2) is 31.2 Å². The van der Waals surface area contributed by atoms with E-state index in [4.69, 9.17) is 0 Å². The van der Waals surface area contributed by atoms with Gasteiger partial charge >= 0.3 is 0 Å². The van der Waals surface area contributed by atoms with Crippen LogP contribution in [0.3, 0.4) is 0 Å². The van der Waals surface area contributed by atoms with Crippen LogP contribution < -0.4 is 0 Å². The number of halogens is 1. The first kappa shape index (κ1) is 11.6. The molecule has 0 aromatic heterocycles. The predicted molar refractivity (Wildman–Crippen MR) is 65.4 cm³/mol. The topological polar surface area (TPSA) is 3.24 Å². The number of hydrogen-bond donors (Lipinski definition) is 0. The Balaban J connectivity index is 2.09. The van der Waals surface area contributed by atoms with Gasteiger partial charge in [0.1, 0.15) is 0 Å². The molecule has 88 valence electrons. The first-order valence-corrected chi connectivity index (χ1v) is 6.18. The zero-order chi connectivity index (χ0) is 11.4. The van der Waals surface area contributed by atoms with Gasteiger partial charge in [-0.1, -0.05) is 37.3 Å². The lowest BCUT2D eigenvalue weighted by molar-refractivity contribution is 0.302. The first-order valence-electron chi connectivity index (χ1n) is 6.18. The van der Waals surface area contributed by atoms with Crippen molar-refractivity contribution in [2.75, 3.05) is 26.3 Å². The van der Waals surface area contributed by atoms with Gasteiger partial charge < -0.3 is 4.90 Å². The average molecular weight is 221 g/mol. The van der Waals surface area contributed by atoms with Crippen LogP contribution in [-0.2, 0) is 0 Å². The smallest absolute Gasteiger partial charge is 0.0941 e. The summed E-state index contributed by atoms with van der Waals surface area (Å²) in [5.41, 5.74) is 1.30. The SMILES string of the molecule is CCCN1CC(CF)C(c2ccccc2)C1. The van der Waals surface area contributed by atoms with Crippen LogP contribution in [0, 0.1) is 5.92 Å². The Morgan fingerprint density at radius 1 is 1.25 bits per heavy atom. The van der Waals surface area contributed by atoms with Crippen molar-refractivity contribution in [1.82, 2.24) is 4.90 Å². The Labute approximate surface area is 97.3 Å². The molecule has 1 saturated heterocycles. The molecule has 2 atom stereocenters. The number of likely N-dealkylation sites (tertiary alicyclic amines) is 1. The fraction of sp³-hybridized carbons (Fsp3) is 0.571. The number of alkyl halides is 1. The Bertz CT molecular complexity index is 312. The van der Waals surface area contributed by atoms with Gasteiger partial charge in [0.05, 0.1) is 6.67 Å². The summed E-state index contributed by atoms with van der Waals surface area (Å²) in [7, 11) is 0. The molecule has 0 amide bonds. The molecule has 1 aromatic rings. The van der Waals surface area contributed by atoms with Gasteiger partial charge in [-0.3, -0.25) is 4.39 Å². The maximum atomic E-state index is 13.0.